The lowest BCUT2D eigenvalue weighted by Gasteiger charge is -2.07. The summed E-state index contributed by atoms with van der Waals surface area (Å²) in [5.74, 6) is 0.328. The smallest absolute Gasteiger partial charge is 0.157 e. The van der Waals surface area contributed by atoms with Crippen molar-refractivity contribution in [2.45, 2.75) is 12.2 Å². The molecular weight excluding hydrogens is 258 g/mol. The minimum Gasteiger partial charge on any atom is -0.393 e. The molecule has 18 heavy (non-hydrogen) atoms. The molecule has 0 spiro atoms. The molecule has 96 valence electrons. The Kier molecular flexibility index (Phi) is 3.82. The summed E-state index contributed by atoms with van der Waals surface area (Å²) in [5, 5.41) is 29.8. The quantitative estimate of drug-likeness (QED) is 0.558. The van der Waals surface area contributed by atoms with Gasteiger partial charge in [-0.25, -0.2) is 9.97 Å². The Hall–Kier alpha value is -1.61. The monoisotopic (exact) mass is 269 g/mol. The molecule has 2 heterocycles. The van der Waals surface area contributed by atoms with Gasteiger partial charge in [0.05, 0.1) is 23.5 Å². The number of carbonyl (C=O) groups excluding carboxylic acids is 1. The summed E-state index contributed by atoms with van der Waals surface area (Å²) in [7, 11) is 0. The standard InChI is InChI=1S/C10H11N3O4S/c14-1-6(16)8-9(7(17)2-15)13-10(12-8)5-3-18-4-11-5/h1,3-4,6-7,15-17H,2H2,(H,12,13). The largest absolute Gasteiger partial charge is 0.393 e. The van der Waals surface area contributed by atoms with Gasteiger partial charge in [0.15, 0.2) is 18.2 Å². The summed E-state index contributed by atoms with van der Waals surface area (Å²) in [6, 6.07) is 0. The van der Waals surface area contributed by atoms with Crippen LogP contribution in [-0.4, -0.2) is 43.2 Å². The van der Waals surface area contributed by atoms with E-state index >= 15 is 0 Å². The van der Waals surface area contributed by atoms with Crippen LogP contribution in [0, 0.1) is 0 Å². The number of thiazole rings is 1. The molecular formula is C10H11N3O4S. The van der Waals surface area contributed by atoms with Crippen molar-refractivity contribution in [1.82, 2.24) is 15.0 Å². The number of H-pyrrole nitrogens is 1. The van der Waals surface area contributed by atoms with Gasteiger partial charge in [-0.1, -0.05) is 0 Å². The zero-order chi connectivity index (χ0) is 13.1. The Morgan fingerprint density at radius 1 is 1.50 bits per heavy atom. The lowest BCUT2D eigenvalue weighted by Crippen LogP contribution is -2.09. The van der Waals surface area contributed by atoms with Gasteiger partial charge >= 0.3 is 0 Å². The van der Waals surface area contributed by atoms with Gasteiger partial charge in [-0.3, -0.25) is 0 Å². The second kappa shape index (κ2) is 5.36. The van der Waals surface area contributed by atoms with Crippen LogP contribution < -0.4 is 0 Å². The zero-order valence-electron chi connectivity index (χ0n) is 9.15. The molecule has 0 bridgehead atoms. The van der Waals surface area contributed by atoms with E-state index in [-0.39, 0.29) is 11.4 Å². The molecule has 0 amide bonds. The topological polar surface area (TPSA) is 119 Å². The minimum absolute atomic E-state index is 0.0418. The number of hydrogen-bond donors (Lipinski definition) is 4. The Morgan fingerprint density at radius 2 is 2.28 bits per heavy atom. The van der Waals surface area contributed by atoms with Gasteiger partial charge in [0.25, 0.3) is 0 Å². The maximum Gasteiger partial charge on any atom is 0.157 e. The minimum atomic E-state index is -1.43. The van der Waals surface area contributed by atoms with Crippen LogP contribution in [0.25, 0.3) is 11.5 Å². The molecule has 2 atom stereocenters. The predicted molar refractivity (Wildman–Crippen MR) is 62.8 cm³/mol. The van der Waals surface area contributed by atoms with E-state index in [1.165, 1.54) is 11.3 Å². The van der Waals surface area contributed by atoms with Crippen molar-refractivity contribution in [3.63, 3.8) is 0 Å². The van der Waals surface area contributed by atoms with E-state index in [0.717, 1.165) is 0 Å². The van der Waals surface area contributed by atoms with Crippen LogP contribution in [0.5, 0.6) is 0 Å². The molecule has 0 saturated carbocycles. The van der Waals surface area contributed by atoms with Crippen LogP contribution in [0.3, 0.4) is 0 Å². The summed E-state index contributed by atoms with van der Waals surface area (Å²) in [5.41, 5.74) is 2.25. The lowest BCUT2D eigenvalue weighted by atomic mass is 10.1. The molecule has 0 aliphatic rings. The van der Waals surface area contributed by atoms with Gasteiger partial charge in [0, 0.05) is 5.38 Å². The van der Waals surface area contributed by atoms with E-state index in [1.54, 1.807) is 10.9 Å². The number of aldehydes is 1. The maximum absolute atomic E-state index is 10.6. The number of nitrogens with one attached hydrogen (secondary N) is 1. The number of aliphatic hydroxyl groups excluding tert-OH is 3. The van der Waals surface area contributed by atoms with Crippen LogP contribution in [0.2, 0.25) is 0 Å². The highest BCUT2D eigenvalue weighted by Crippen LogP contribution is 2.25. The first-order valence-electron chi connectivity index (χ1n) is 5.08. The number of aromatic nitrogens is 3. The molecule has 2 aromatic heterocycles. The van der Waals surface area contributed by atoms with Gasteiger partial charge in [-0.2, -0.15) is 0 Å². The first-order valence-corrected chi connectivity index (χ1v) is 6.02. The molecule has 0 fully saturated rings. The Labute approximate surface area is 106 Å². The summed E-state index contributed by atoms with van der Waals surface area (Å²) < 4.78 is 0. The van der Waals surface area contributed by atoms with Crippen LogP contribution in [-0.2, 0) is 4.79 Å². The molecule has 0 aliphatic heterocycles. The molecule has 0 radical (unpaired) electrons. The number of aliphatic hydroxyl groups is 3. The van der Waals surface area contributed by atoms with Gasteiger partial charge in [-0.15, -0.1) is 11.3 Å². The molecule has 2 rings (SSSR count). The highest BCUT2D eigenvalue weighted by atomic mass is 32.1. The SMILES string of the molecule is O=CC(O)c1[nH]c(-c2cscn2)nc1C(O)CO. The Morgan fingerprint density at radius 3 is 2.83 bits per heavy atom. The lowest BCUT2D eigenvalue weighted by molar-refractivity contribution is -0.115. The molecule has 0 aliphatic carbocycles. The van der Waals surface area contributed by atoms with Crippen molar-refractivity contribution in [3.8, 4) is 11.5 Å². The number of aromatic amines is 1. The number of carbonyl (C=O) groups is 1. The van der Waals surface area contributed by atoms with Crippen molar-refractivity contribution in [3.05, 3.63) is 22.3 Å². The number of rotatable bonds is 5. The number of nitrogens with zero attached hydrogens (tertiary/aromatic N) is 2. The van der Waals surface area contributed by atoms with Crippen LogP contribution >= 0.6 is 11.3 Å². The van der Waals surface area contributed by atoms with E-state index < -0.39 is 18.8 Å². The van der Waals surface area contributed by atoms with Crippen LogP contribution in [0.1, 0.15) is 23.6 Å². The fourth-order valence-electron chi connectivity index (χ4n) is 1.48. The van der Waals surface area contributed by atoms with E-state index in [4.69, 9.17) is 5.11 Å². The molecule has 2 aromatic rings. The van der Waals surface area contributed by atoms with Gasteiger partial charge in [0.2, 0.25) is 0 Å². The first-order chi connectivity index (χ1) is 8.67. The molecule has 2 unspecified atom stereocenters. The normalized spacial score (nSPS) is 14.4. The third-order valence-corrected chi connectivity index (χ3v) is 2.94. The zero-order valence-corrected chi connectivity index (χ0v) is 9.96. The molecule has 0 saturated heterocycles. The maximum atomic E-state index is 10.6. The summed E-state index contributed by atoms with van der Waals surface area (Å²) in [6.45, 7) is -0.556. The van der Waals surface area contributed by atoms with Gasteiger partial charge < -0.3 is 25.1 Å². The van der Waals surface area contributed by atoms with Gasteiger partial charge in [-0.05, 0) is 0 Å². The van der Waals surface area contributed by atoms with E-state index in [0.29, 0.717) is 17.8 Å². The summed E-state index contributed by atoms with van der Waals surface area (Å²) in [4.78, 5) is 21.4. The van der Waals surface area contributed by atoms with Crippen molar-refractivity contribution in [2.24, 2.45) is 0 Å². The highest BCUT2D eigenvalue weighted by molar-refractivity contribution is 7.07. The first kappa shape index (κ1) is 12.8. The summed E-state index contributed by atoms with van der Waals surface area (Å²) in [6.07, 6.45) is -2.38. The van der Waals surface area contributed by atoms with E-state index in [9.17, 15) is 15.0 Å². The Bertz CT molecular complexity index is 525. The molecule has 7 nitrogen and oxygen atoms in total. The average Bonchev–Trinajstić information content (AvgIpc) is 3.04. The molecule has 4 N–H and O–H groups in total. The molecule has 8 heteroatoms. The van der Waals surface area contributed by atoms with Crippen LogP contribution in [0.4, 0.5) is 0 Å². The summed E-state index contributed by atoms with van der Waals surface area (Å²) >= 11 is 1.36. The highest BCUT2D eigenvalue weighted by Gasteiger charge is 2.23. The fraction of sp³-hybridized carbons (Fsp3) is 0.300. The number of hydrogen-bond acceptors (Lipinski definition) is 7. The van der Waals surface area contributed by atoms with Crippen molar-refractivity contribution >= 4 is 17.6 Å². The number of imidazole rings is 1. The molecule has 0 aromatic carbocycles. The average molecular weight is 269 g/mol. The van der Waals surface area contributed by atoms with E-state index in [2.05, 4.69) is 15.0 Å². The predicted octanol–water partition coefficient (Wildman–Crippen LogP) is -0.209. The van der Waals surface area contributed by atoms with Crippen molar-refractivity contribution in [1.29, 1.82) is 0 Å². The second-order valence-corrected chi connectivity index (χ2v) is 4.26. The van der Waals surface area contributed by atoms with E-state index in [1.807, 2.05) is 0 Å². The van der Waals surface area contributed by atoms with Gasteiger partial charge in [0.1, 0.15) is 11.8 Å². The Balaban J connectivity index is 2.47. The van der Waals surface area contributed by atoms with Crippen molar-refractivity contribution < 1.29 is 20.1 Å². The third-order valence-electron chi connectivity index (χ3n) is 2.35. The fourth-order valence-corrected chi connectivity index (χ4v) is 2.02. The third kappa shape index (κ3) is 2.31. The van der Waals surface area contributed by atoms with Crippen molar-refractivity contribution in [2.75, 3.05) is 6.61 Å². The van der Waals surface area contributed by atoms with Crippen LogP contribution in [0.15, 0.2) is 10.9 Å². The second-order valence-electron chi connectivity index (χ2n) is 3.54.